The number of pyridine rings is 2. The Labute approximate surface area is 431 Å². The third-order valence-electron chi connectivity index (χ3n) is 18.1. The number of aryl methyl sites for hydroxylation is 6. The fourth-order valence-corrected chi connectivity index (χ4v) is 14.6. The molecular formula is C70H54N4. The van der Waals surface area contributed by atoms with Crippen molar-refractivity contribution in [3.8, 4) is 67.3 Å². The molecule has 4 heteroatoms. The second kappa shape index (κ2) is 14.7. The smallest absolute Gasteiger partial charge is 0.137 e. The molecule has 12 aromatic rings. The Morgan fingerprint density at radius 3 is 1.23 bits per heavy atom. The van der Waals surface area contributed by atoms with Gasteiger partial charge >= 0.3 is 0 Å². The number of rotatable bonds is 4. The molecule has 4 heterocycles. The van der Waals surface area contributed by atoms with Gasteiger partial charge in [-0.05, 0) is 224 Å². The highest BCUT2D eigenvalue weighted by atomic mass is 15.1. The van der Waals surface area contributed by atoms with E-state index in [4.69, 9.17) is 9.97 Å². The zero-order chi connectivity index (χ0) is 49.5. The van der Waals surface area contributed by atoms with Gasteiger partial charge in [0.25, 0.3) is 0 Å². The van der Waals surface area contributed by atoms with E-state index in [0.717, 1.165) is 37.3 Å². The molecule has 4 aromatic heterocycles. The van der Waals surface area contributed by atoms with E-state index in [9.17, 15) is 0 Å². The molecule has 16 rings (SSSR count). The van der Waals surface area contributed by atoms with Crippen LogP contribution < -0.4 is 0 Å². The molecule has 0 spiro atoms. The van der Waals surface area contributed by atoms with Gasteiger partial charge in [-0.25, -0.2) is 9.97 Å². The molecule has 0 aliphatic heterocycles. The Kier molecular flexibility index (Phi) is 8.36. The number of hydrogen-bond donors (Lipinski definition) is 0. The van der Waals surface area contributed by atoms with Crippen molar-refractivity contribution in [3.05, 3.63) is 226 Å². The van der Waals surface area contributed by atoms with Crippen LogP contribution in [0, 0.1) is 13.8 Å². The molecule has 0 bridgehead atoms. The minimum absolute atomic E-state index is 0.0279. The van der Waals surface area contributed by atoms with E-state index in [-0.39, 0.29) is 10.8 Å². The lowest BCUT2D eigenvalue weighted by molar-refractivity contribution is 0.660. The van der Waals surface area contributed by atoms with Crippen LogP contribution in [0.1, 0.15) is 83.3 Å². The van der Waals surface area contributed by atoms with Gasteiger partial charge in [-0.3, -0.25) is 9.13 Å². The summed E-state index contributed by atoms with van der Waals surface area (Å²) in [5, 5.41) is 5.21. The summed E-state index contributed by atoms with van der Waals surface area (Å²) in [4.78, 5) is 10.2. The maximum absolute atomic E-state index is 5.12. The lowest BCUT2D eigenvalue weighted by Gasteiger charge is -2.31. The predicted octanol–water partition coefficient (Wildman–Crippen LogP) is 17.1. The second-order valence-corrected chi connectivity index (χ2v) is 23.0. The molecule has 0 atom stereocenters. The van der Waals surface area contributed by atoms with Crippen LogP contribution in [-0.2, 0) is 36.5 Å². The molecule has 4 nitrogen and oxygen atoms in total. The average molecular weight is 951 g/mol. The van der Waals surface area contributed by atoms with Crippen LogP contribution in [-0.4, -0.2) is 19.1 Å². The van der Waals surface area contributed by atoms with Crippen molar-refractivity contribution < 1.29 is 0 Å². The van der Waals surface area contributed by atoms with Gasteiger partial charge in [0, 0.05) is 44.8 Å². The second-order valence-electron chi connectivity index (χ2n) is 23.0. The van der Waals surface area contributed by atoms with E-state index >= 15 is 0 Å². The van der Waals surface area contributed by atoms with Crippen molar-refractivity contribution in [2.24, 2.45) is 0 Å². The normalized spacial score (nSPS) is 15.2. The van der Waals surface area contributed by atoms with Crippen LogP contribution >= 0.6 is 0 Å². The first kappa shape index (κ1) is 42.2. The molecule has 0 radical (unpaired) electrons. The van der Waals surface area contributed by atoms with Gasteiger partial charge in [0.2, 0.25) is 0 Å². The van der Waals surface area contributed by atoms with Crippen LogP contribution in [0.2, 0.25) is 0 Å². The standard InChI is InChI=1S/C70H54N4/c1-39-27-29-71-63(31-39)73-61-25-19-43(41-17-23-59-51(33-41)47-11-7-9-13-57(47)69(59,3)4)35-53(61)55-37-45-16-22-50-66-46(15-21-49(65(45)66)67(55)73)38-56-54-36-44(20-26-62(54)74(68(50)56)64-32-40(2)28-30-72-64)42-18-24-60-52(34-42)48-12-8-10-14-58(48)70(60,5)6/h7-14,17-20,23-38H,15-16,21-22H2,1-6H3. The van der Waals surface area contributed by atoms with E-state index in [1.165, 1.54) is 155 Å². The molecule has 0 unspecified atom stereocenters. The number of nitrogens with zero attached hydrogens (tertiary/aromatic N) is 4. The van der Waals surface area contributed by atoms with Gasteiger partial charge in [-0.15, -0.1) is 0 Å². The number of fused-ring (bicyclic) bond motifs is 14. The van der Waals surface area contributed by atoms with Crippen molar-refractivity contribution >= 4 is 43.6 Å². The summed E-state index contributed by atoms with van der Waals surface area (Å²) in [6.07, 6.45) is 7.82. The third kappa shape index (κ3) is 5.58. The van der Waals surface area contributed by atoms with Crippen LogP contribution in [0.25, 0.3) is 111 Å². The molecule has 0 amide bonds. The van der Waals surface area contributed by atoms with Crippen LogP contribution in [0.5, 0.6) is 0 Å². The van der Waals surface area contributed by atoms with Crippen molar-refractivity contribution in [2.45, 2.75) is 78.1 Å². The Hall–Kier alpha value is -8.34. The van der Waals surface area contributed by atoms with Crippen LogP contribution in [0.15, 0.2) is 170 Å². The summed E-state index contributed by atoms with van der Waals surface area (Å²) in [5.41, 5.74) is 32.0. The predicted molar refractivity (Wildman–Crippen MR) is 306 cm³/mol. The first-order valence-electron chi connectivity index (χ1n) is 26.6. The average Bonchev–Trinajstić information content (AvgIpc) is 4.17. The van der Waals surface area contributed by atoms with Crippen molar-refractivity contribution in [2.75, 3.05) is 0 Å². The van der Waals surface area contributed by atoms with E-state index in [2.05, 4.69) is 208 Å². The SMILES string of the molecule is Cc1ccnc(-n2c3ccc(-c4ccc5c(c4)-c4ccccc4C5(C)C)cc3c3cc4c5c(c32)CCc2cc3c6cc(-c7ccc8c(c7)-c7ccccc7C8(C)C)ccc6n(-c6cc(C)ccn6)c3c(c2-5)CC4)c1. The van der Waals surface area contributed by atoms with Gasteiger partial charge in [0.1, 0.15) is 11.6 Å². The summed E-state index contributed by atoms with van der Waals surface area (Å²) >= 11 is 0. The molecular weight excluding hydrogens is 897 g/mol. The van der Waals surface area contributed by atoms with Crippen LogP contribution in [0.3, 0.4) is 0 Å². The molecule has 354 valence electrons. The Morgan fingerprint density at radius 1 is 0.378 bits per heavy atom. The molecule has 0 saturated heterocycles. The van der Waals surface area contributed by atoms with E-state index in [0.29, 0.717) is 0 Å². The molecule has 4 aliphatic rings. The van der Waals surface area contributed by atoms with Gasteiger partial charge in [0.15, 0.2) is 0 Å². The first-order chi connectivity index (χ1) is 36.0. The maximum atomic E-state index is 5.12. The van der Waals surface area contributed by atoms with Crippen molar-refractivity contribution in [3.63, 3.8) is 0 Å². The molecule has 0 N–H and O–H groups in total. The van der Waals surface area contributed by atoms with E-state index in [1.807, 2.05) is 12.4 Å². The fraction of sp³-hybridized carbons (Fsp3) is 0.171. The molecule has 74 heavy (non-hydrogen) atoms. The number of benzene rings is 8. The molecule has 8 aromatic carbocycles. The minimum Gasteiger partial charge on any atom is -0.293 e. The van der Waals surface area contributed by atoms with Gasteiger partial charge < -0.3 is 0 Å². The Balaban J connectivity index is 0.916. The van der Waals surface area contributed by atoms with Gasteiger partial charge in [-0.2, -0.15) is 0 Å². The highest BCUT2D eigenvalue weighted by molar-refractivity contribution is 6.17. The van der Waals surface area contributed by atoms with Crippen LogP contribution in [0.4, 0.5) is 0 Å². The topological polar surface area (TPSA) is 35.6 Å². The summed E-state index contributed by atoms with van der Waals surface area (Å²) in [6, 6.07) is 60.5. The zero-order valence-corrected chi connectivity index (χ0v) is 42.8. The molecule has 4 aliphatic carbocycles. The fourth-order valence-electron chi connectivity index (χ4n) is 14.6. The number of aromatic nitrogens is 4. The summed E-state index contributed by atoms with van der Waals surface area (Å²) in [5.74, 6) is 1.95. The minimum atomic E-state index is -0.0279. The quantitative estimate of drug-likeness (QED) is 0.176. The Morgan fingerprint density at radius 2 is 0.784 bits per heavy atom. The third-order valence-corrected chi connectivity index (χ3v) is 18.1. The van der Waals surface area contributed by atoms with E-state index < -0.39 is 0 Å². The number of hydrogen-bond acceptors (Lipinski definition) is 2. The highest BCUT2D eigenvalue weighted by Gasteiger charge is 2.38. The summed E-state index contributed by atoms with van der Waals surface area (Å²) in [7, 11) is 0. The van der Waals surface area contributed by atoms with Crippen molar-refractivity contribution in [1.29, 1.82) is 0 Å². The zero-order valence-electron chi connectivity index (χ0n) is 42.8. The largest absolute Gasteiger partial charge is 0.293 e. The van der Waals surface area contributed by atoms with E-state index in [1.54, 1.807) is 0 Å². The lowest BCUT2D eigenvalue weighted by Crippen LogP contribution is -2.16. The maximum Gasteiger partial charge on any atom is 0.137 e. The van der Waals surface area contributed by atoms with Gasteiger partial charge in [-0.1, -0.05) is 113 Å². The van der Waals surface area contributed by atoms with Gasteiger partial charge in [0.05, 0.1) is 22.1 Å². The summed E-state index contributed by atoms with van der Waals surface area (Å²) < 4.78 is 4.98. The Bertz CT molecular complexity index is 4220. The molecule has 0 saturated carbocycles. The monoisotopic (exact) mass is 950 g/mol. The first-order valence-corrected chi connectivity index (χ1v) is 26.6. The highest BCUT2D eigenvalue weighted by Crippen LogP contribution is 2.54. The van der Waals surface area contributed by atoms with Crippen molar-refractivity contribution in [1.82, 2.24) is 19.1 Å². The summed E-state index contributed by atoms with van der Waals surface area (Å²) in [6.45, 7) is 13.8. The molecule has 0 fully saturated rings. The lowest BCUT2D eigenvalue weighted by atomic mass is 9.74.